The molecule has 1 aromatic carbocycles. The minimum absolute atomic E-state index is 0.187. The first-order valence-corrected chi connectivity index (χ1v) is 7.62. The smallest absolute Gasteiger partial charge is 0.323 e. The van der Waals surface area contributed by atoms with Gasteiger partial charge in [-0.15, -0.1) is 0 Å². The zero-order valence-electron chi connectivity index (χ0n) is 11.2. The Morgan fingerprint density at radius 3 is 2.55 bits per heavy atom. The minimum atomic E-state index is -0.365. The molecular formula is C16H18N2O2. The van der Waals surface area contributed by atoms with Gasteiger partial charge in [0.1, 0.15) is 0 Å². The Kier molecular flexibility index (Phi) is 1.98. The number of hydrogen-bond acceptors (Lipinski definition) is 2. The number of benzene rings is 1. The number of H-pyrrole nitrogens is 2. The maximum atomic E-state index is 11.3. The largest absolute Gasteiger partial charge is 0.388 e. The number of fused-ring (bicyclic) bond motifs is 6. The number of aliphatic hydroxyl groups is 1. The number of imidazole rings is 1. The fourth-order valence-electron chi connectivity index (χ4n) is 5.27. The zero-order chi connectivity index (χ0) is 13.4. The molecule has 3 fully saturated rings. The van der Waals surface area contributed by atoms with E-state index in [1.54, 1.807) is 0 Å². The predicted molar refractivity (Wildman–Crippen MR) is 75.2 cm³/mol. The van der Waals surface area contributed by atoms with Gasteiger partial charge in [-0.25, -0.2) is 4.79 Å². The van der Waals surface area contributed by atoms with Crippen LogP contribution in [0.4, 0.5) is 0 Å². The molecule has 0 amide bonds. The average molecular weight is 270 g/mol. The molecular weight excluding hydrogens is 252 g/mol. The molecule has 3 aliphatic rings. The molecule has 3 saturated carbocycles. The van der Waals surface area contributed by atoms with Crippen LogP contribution in [0.15, 0.2) is 23.0 Å². The van der Waals surface area contributed by atoms with Crippen molar-refractivity contribution < 1.29 is 5.11 Å². The Bertz CT molecular complexity index is 730. The highest BCUT2D eigenvalue weighted by atomic mass is 16.3. The monoisotopic (exact) mass is 270 g/mol. The molecule has 104 valence electrons. The molecule has 5 atom stereocenters. The summed E-state index contributed by atoms with van der Waals surface area (Å²) in [5, 5.41) is 10.7. The molecule has 5 unspecified atom stereocenters. The molecule has 3 N–H and O–H groups in total. The van der Waals surface area contributed by atoms with Crippen molar-refractivity contribution in [3.8, 4) is 0 Å². The summed E-state index contributed by atoms with van der Waals surface area (Å²) in [6, 6.07) is 5.76. The van der Waals surface area contributed by atoms with Gasteiger partial charge in [-0.3, -0.25) is 0 Å². The molecule has 0 aliphatic heterocycles. The first kappa shape index (κ1) is 11.1. The summed E-state index contributed by atoms with van der Waals surface area (Å²) in [4.78, 5) is 16.8. The highest BCUT2D eigenvalue weighted by molar-refractivity contribution is 5.75. The number of aromatic nitrogens is 2. The maximum absolute atomic E-state index is 11.3. The van der Waals surface area contributed by atoms with E-state index in [2.05, 4.69) is 9.97 Å². The summed E-state index contributed by atoms with van der Waals surface area (Å²) in [6.07, 6.45) is 3.79. The highest BCUT2D eigenvalue weighted by Gasteiger charge is 2.66. The van der Waals surface area contributed by atoms with E-state index in [0.29, 0.717) is 5.92 Å². The highest BCUT2D eigenvalue weighted by Crippen LogP contribution is 2.72. The first-order valence-electron chi connectivity index (χ1n) is 7.62. The molecule has 1 aromatic heterocycles. The minimum Gasteiger partial charge on any atom is -0.388 e. The van der Waals surface area contributed by atoms with Gasteiger partial charge in [0.25, 0.3) is 0 Å². The summed E-state index contributed by atoms with van der Waals surface area (Å²) in [6.45, 7) is 0. The van der Waals surface area contributed by atoms with Crippen molar-refractivity contribution in [2.45, 2.75) is 25.4 Å². The van der Waals surface area contributed by atoms with Crippen molar-refractivity contribution in [1.29, 1.82) is 0 Å². The summed E-state index contributed by atoms with van der Waals surface area (Å²) in [5.74, 6) is 3.75. The summed E-state index contributed by atoms with van der Waals surface area (Å²) in [5.41, 5.74) is 2.36. The van der Waals surface area contributed by atoms with Gasteiger partial charge >= 0.3 is 5.69 Å². The zero-order valence-corrected chi connectivity index (χ0v) is 11.2. The summed E-state index contributed by atoms with van der Waals surface area (Å²) >= 11 is 0. The Hall–Kier alpha value is -1.55. The van der Waals surface area contributed by atoms with Crippen LogP contribution in [-0.2, 0) is 0 Å². The van der Waals surface area contributed by atoms with Gasteiger partial charge in [0.2, 0.25) is 0 Å². The van der Waals surface area contributed by atoms with Crippen LogP contribution in [0.1, 0.15) is 30.9 Å². The third-order valence-electron chi connectivity index (χ3n) is 6.04. The summed E-state index contributed by atoms with van der Waals surface area (Å²) in [7, 11) is 0. The molecule has 2 bridgehead atoms. The Morgan fingerprint density at radius 1 is 1.10 bits per heavy atom. The first-order chi connectivity index (χ1) is 9.72. The van der Waals surface area contributed by atoms with Crippen LogP contribution in [0.25, 0.3) is 11.0 Å². The van der Waals surface area contributed by atoms with E-state index in [1.807, 2.05) is 18.2 Å². The average Bonchev–Trinajstić information content (AvgIpc) is 2.76. The Labute approximate surface area is 116 Å². The lowest BCUT2D eigenvalue weighted by molar-refractivity contribution is 0.130. The van der Waals surface area contributed by atoms with Crippen LogP contribution in [-0.4, -0.2) is 15.1 Å². The quantitative estimate of drug-likeness (QED) is 0.783. The molecule has 2 aromatic rings. The summed E-state index contributed by atoms with van der Waals surface area (Å²) < 4.78 is 0. The van der Waals surface area contributed by atoms with Crippen molar-refractivity contribution in [2.24, 2.45) is 29.6 Å². The Balaban J connectivity index is 1.48. The Morgan fingerprint density at radius 2 is 1.80 bits per heavy atom. The fourth-order valence-corrected chi connectivity index (χ4v) is 5.27. The maximum Gasteiger partial charge on any atom is 0.323 e. The van der Waals surface area contributed by atoms with Crippen molar-refractivity contribution in [3.63, 3.8) is 0 Å². The molecule has 20 heavy (non-hydrogen) atoms. The molecule has 0 radical (unpaired) electrons. The van der Waals surface area contributed by atoms with Crippen molar-refractivity contribution in [3.05, 3.63) is 34.2 Å². The van der Waals surface area contributed by atoms with Gasteiger partial charge in [0.15, 0.2) is 0 Å². The molecule has 5 rings (SSSR count). The fraction of sp³-hybridized carbons (Fsp3) is 0.562. The van der Waals surface area contributed by atoms with Gasteiger partial charge in [0.05, 0.1) is 17.1 Å². The standard InChI is InChI=1S/C16H18N2O2/c19-15(14-12-7-1-2-8(5-7)13(12)14)9-3-4-10-11(6-9)18-16(20)17-10/h3-4,6-8,12-15,19H,1-2,5H2,(H2,17,18,20). The van der Waals surface area contributed by atoms with Crippen LogP contribution in [0.5, 0.6) is 0 Å². The number of aromatic amines is 2. The van der Waals surface area contributed by atoms with Crippen LogP contribution in [0.2, 0.25) is 0 Å². The van der Waals surface area contributed by atoms with Gasteiger partial charge in [0, 0.05) is 0 Å². The lowest BCUT2D eigenvalue weighted by Gasteiger charge is -2.15. The van der Waals surface area contributed by atoms with Crippen LogP contribution in [0.3, 0.4) is 0 Å². The van der Waals surface area contributed by atoms with E-state index in [4.69, 9.17) is 0 Å². The van der Waals surface area contributed by atoms with Gasteiger partial charge in [-0.1, -0.05) is 6.07 Å². The lowest BCUT2D eigenvalue weighted by Crippen LogP contribution is -2.08. The second kappa shape index (κ2) is 3.55. The van der Waals surface area contributed by atoms with E-state index in [1.165, 1.54) is 19.3 Å². The molecule has 4 nitrogen and oxygen atoms in total. The number of nitrogens with one attached hydrogen (secondary N) is 2. The predicted octanol–water partition coefficient (Wildman–Crippen LogP) is 2.18. The molecule has 0 saturated heterocycles. The molecule has 3 aliphatic carbocycles. The number of hydrogen-bond donors (Lipinski definition) is 3. The normalized spacial score (nSPS) is 39.1. The third-order valence-corrected chi connectivity index (χ3v) is 6.04. The molecule has 1 heterocycles. The molecule has 4 heteroatoms. The van der Waals surface area contributed by atoms with E-state index in [0.717, 1.165) is 40.3 Å². The lowest BCUT2D eigenvalue weighted by atomic mass is 9.95. The van der Waals surface area contributed by atoms with Gasteiger partial charge < -0.3 is 15.1 Å². The van der Waals surface area contributed by atoms with Crippen molar-refractivity contribution in [1.82, 2.24) is 9.97 Å². The SMILES string of the molecule is O=c1[nH]c2ccc(C(O)C3C4C5CCC(C5)C43)cc2[nH]1. The van der Waals surface area contributed by atoms with Crippen LogP contribution in [0, 0.1) is 29.6 Å². The van der Waals surface area contributed by atoms with E-state index < -0.39 is 0 Å². The van der Waals surface area contributed by atoms with E-state index in [-0.39, 0.29) is 11.8 Å². The topological polar surface area (TPSA) is 68.9 Å². The van der Waals surface area contributed by atoms with E-state index >= 15 is 0 Å². The second-order valence-electron chi connectivity index (χ2n) is 6.89. The van der Waals surface area contributed by atoms with Crippen LogP contribution >= 0.6 is 0 Å². The number of rotatable bonds is 2. The van der Waals surface area contributed by atoms with Crippen molar-refractivity contribution >= 4 is 11.0 Å². The van der Waals surface area contributed by atoms with E-state index in [9.17, 15) is 9.90 Å². The third kappa shape index (κ3) is 1.32. The van der Waals surface area contributed by atoms with Crippen molar-refractivity contribution in [2.75, 3.05) is 0 Å². The van der Waals surface area contributed by atoms with Crippen LogP contribution < -0.4 is 5.69 Å². The van der Waals surface area contributed by atoms with Gasteiger partial charge in [-0.05, 0) is 66.5 Å². The molecule has 0 spiro atoms. The second-order valence-corrected chi connectivity index (χ2v) is 6.89. The number of aliphatic hydroxyl groups excluding tert-OH is 1. The van der Waals surface area contributed by atoms with Gasteiger partial charge in [-0.2, -0.15) is 0 Å².